The van der Waals surface area contributed by atoms with Crippen molar-refractivity contribution in [3.8, 4) is 5.75 Å². The number of nitrogen functional groups attached to an aromatic ring is 1. The van der Waals surface area contributed by atoms with Crippen LogP contribution in [0, 0.1) is 5.82 Å². The van der Waals surface area contributed by atoms with Crippen LogP contribution < -0.4 is 21.0 Å². The van der Waals surface area contributed by atoms with Gasteiger partial charge in [-0.2, -0.15) is 10.1 Å². The van der Waals surface area contributed by atoms with E-state index in [0.717, 1.165) is 0 Å². The van der Waals surface area contributed by atoms with Crippen LogP contribution in [0.25, 0.3) is 10.8 Å². The number of anilines is 1. The van der Waals surface area contributed by atoms with E-state index in [9.17, 15) is 32.4 Å². The molecule has 2 heterocycles. The van der Waals surface area contributed by atoms with E-state index in [4.69, 9.17) is 24.3 Å². The van der Waals surface area contributed by atoms with Gasteiger partial charge in [-0.15, -0.1) is 0 Å². The molecule has 2 aromatic carbocycles. The van der Waals surface area contributed by atoms with Gasteiger partial charge in [0.15, 0.2) is 29.6 Å². The molecule has 0 aliphatic carbocycles. The Labute approximate surface area is 242 Å². The van der Waals surface area contributed by atoms with E-state index in [1.54, 1.807) is 50.2 Å². The first-order valence-corrected chi connectivity index (χ1v) is 14.4. The number of carbonyl (C=O) groups is 1. The van der Waals surface area contributed by atoms with Gasteiger partial charge in [0.25, 0.3) is 6.43 Å². The third kappa shape index (κ3) is 6.68. The van der Waals surface area contributed by atoms with Crippen molar-refractivity contribution in [3.05, 3.63) is 65.0 Å². The summed E-state index contributed by atoms with van der Waals surface area (Å²) in [4.78, 5) is 27.9. The number of aliphatic hydroxyl groups excluding tert-OH is 1. The Bertz CT molecular complexity index is 1590. The molecule has 6 unspecified atom stereocenters. The molecule has 1 aliphatic rings. The minimum absolute atomic E-state index is 0.0337. The van der Waals surface area contributed by atoms with Gasteiger partial charge in [-0.25, -0.2) is 26.9 Å². The van der Waals surface area contributed by atoms with Gasteiger partial charge in [-0.1, -0.05) is 36.4 Å². The first-order chi connectivity index (χ1) is 20.2. The lowest BCUT2D eigenvalue weighted by Crippen LogP contribution is -2.52. The van der Waals surface area contributed by atoms with Crippen molar-refractivity contribution in [2.24, 2.45) is 0 Å². The predicted molar refractivity (Wildman–Crippen MR) is 145 cm³/mol. The number of aliphatic hydroxyl groups is 1. The topological polar surface area (TPSA) is 164 Å². The summed E-state index contributed by atoms with van der Waals surface area (Å²) in [6, 6.07) is 10.0. The molecule has 12 nitrogen and oxygen atoms in total. The zero-order valence-corrected chi connectivity index (χ0v) is 23.9. The summed E-state index contributed by atoms with van der Waals surface area (Å²) >= 11 is 0. The molecule has 0 saturated carbocycles. The second kappa shape index (κ2) is 12.6. The summed E-state index contributed by atoms with van der Waals surface area (Å²) in [5.41, 5.74) is 0.624. The summed E-state index contributed by atoms with van der Waals surface area (Å²) in [7, 11) is -4.85. The normalized spacial score (nSPS) is 24.3. The largest absolute Gasteiger partial charge is 0.462 e. The van der Waals surface area contributed by atoms with E-state index in [-0.39, 0.29) is 10.3 Å². The second-order valence-corrected chi connectivity index (χ2v) is 11.7. The van der Waals surface area contributed by atoms with E-state index in [0.29, 0.717) is 17.0 Å². The van der Waals surface area contributed by atoms with E-state index < -0.39 is 80.3 Å². The zero-order valence-electron chi connectivity index (χ0n) is 23.0. The number of nitrogens with two attached hydrogens (primary N) is 1. The number of esters is 1. The van der Waals surface area contributed by atoms with Crippen LogP contribution in [-0.2, 0) is 23.4 Å². The first kappa shape index (κ1) is 32.4. The fourth-order valence-corrected chi connectivity index (χ4v) is 5.85. The van der Waals surface area contributed by atoms with Crippen LogP contribution in [0.2, 0.25) is 0 Å². The Morgan fingerprint density at radius 2 is 1.91 bits per heavy atom. The fourth-order valence-electron chi connectivity index (χ4n) is 4.30. The Balaban J connectivity index is 1.69. The summed E-state index contributed by atoms with van der Waals surface area (Å²) in [5, 5.41) is 14.0. The van der Waals surface area contributed by atoms with Gasteiger partial charge in [-0.05, 0) is 32.2 Å². The molecule has 0 amide bonds. The van der Waals surface area contributed by atoms with Crippen LogP contribution in [0.1, 0.15) is 27.0 Å². The second-order valence-electron chi connectivity index (χ2n) is 9.99. The minimum atomic E-state index is -4.85. The molecule has 1 saturated heterocycles. The molecule has 17 heteroatoms. The average molecular weight is 633 g/mol. The van der Waals surface area contributed by atoms with Gasteiger partial charge in [0, 0.05) is 5.39 Å². The molecule has 43 heavy (non-hydrogen) atoms. The number of halogens is 4. The molecule has 234 valence electrons. The lowest BCUT2D eigenvalue weighted by atomic mass is 9.97. The Morgan fingerprint density at radius 1 is 1.23 bits per heavy atom. The van der Waals surface area contributed by atoms with Crippen molar-refractivity contribution in [2.75, 3.05) is 12.3 Å². The zero-order chi connectivity index (χ0) is 31.7. The highest BCUT2D eigenvalue weighted by Crippen LogP contribution is 2.50. The van der Waals surface area contributed by atoms with Crippen LogP contribution in [0.4, 0.5) is 23.4 Å². The third-order valence-corrected chi connectivity index (χ3v) is 8.09. The van der Waals surface area contributed by atoms with Crippen LogP contribution in [-0.4, -0.2) is 63.7 Å². The minimum Gasteiger partial charge on any atom is -0.462 e. The van der Waals surface area contributed by atoms with Gasteiger partial charge in [0.2, 0.25) is 0 Å². The quantitative estimate of drug-likeness (QED) is 0.161. The fraction of sp³-hybridized carbons (Fsp3) is 0.423. The number of ether oxygens (including phenoxy) is 2. The molecule has 4 rings (SSSR count). The highest BCUT2D eigenvalue weighted by atomic mass is 31.2. The number of nitrogens with zero attached hydrogens (tertiary/aromatic N) is 2. The summed E-state index contributed by atoms with van der Waals surface area (Å²) in [5.74, 6) is -3.03. The van der Waals surface area contributed by atoms with Crippen molar-refractivity contribution in [1.82, 2.24) is 14.6 Å². The number of rotatable bonds is 11. The molecule has 1 fully saturated rings. The number of hydrogen-bond donors (Lipinski definition) is 3. The highest BCUT2D eigenvalue weighted by molar-refractivity contribution is 7.52. The van der Waals surface area contributed by atoms with Crippen LogP contribution in [0.3, 0.4) is 0 Å². The average Bonchev–Trinajstić information content (AvgIpc) is 3.20. The number of benzene rings is 2. The van der Waals surface area contributed by atoms with E-state index >= 15 is 4.39 Å². The monoisotopic (exact) mass is 632 g/mol. The third-order valence-electron chi connectivity index (χ3n) is 6.48. The lowest BCUT2D eigenvalue weighted by Gasteiger charge is -2.32. The molecule has 0 radical (unpaired) electrons. The highest BCUT2D eigenvalue weighted by Gasteiger charge is 2.62. The number of aromatic nitrogens is 2. The number of hydrogen-bond acceptors (Lipinski definition) is 10. The van der Waals surface area contributed by atoms with E-state index in [1.165, 1.54) is 13.0 Å². The summed E-state index contributed by atoms with van der Waals surface area (Å²) in [6.45, 7) is 2.90. The SMILES string of the molecule is CC(C)OC(=O)C(C)NP(=O)(OCC1(C(F)F)OC(n2cc(F)c(N)nc2=O)C(F)C1O)Oc1cccc2ccccc12. The van der Waals surface area contributed by atoms with Gasteiger partial charge in [0.1, 0.15) is 17.9 Å². The number of carbonyl (C=O) groups excluding carboxylic acids is 1. The van der Waals surface area contributed by atoms with Crippen molar-refractivity contribution < 1.29 is 50.5 Å². The van der Waals surface area contributed by atoms with Crippen LogP contribution in [0.5, 0.6) is 5.75 Å². The van der Waals surface area contributed by atoms with Crippen LogP contribution >= 0.6 is 7.75 Å². The first-order valence-electron chi connectivity index (χ1n) is 12.9. The van der Waals surface area contributed by atoms with Crippen molar-refractivity contribution in [3.63, 3.8) is 0 Å². The predicted octanol–water partition coefficient (Wildman–Crippen LogP) is 3.48. The molecule has 6 atom stereocenters. The Kier molecular flexibility index (Phi) is 9.47. The maximum atomic E-state index is 15.2. The Hall–Kier alpha value is -3.56. The summed E-state index contributed by atoms with van der Waals surface area (Å²) in [6.07, 6.45) is -11.6. The Morgan fingerprint density at radius 3 is 2.58 bits per heavy atom. The smallest absolute Gasteiger partial charge is 0.459 e. The standard InChI is InChI=1S/C26H29F4N4O8P/c1-13(2)40-23(36)14(3)33-43(38,42-18-10-6-8-15-7-4-5-9-16(15)18)39-12-26(24(29)30)20(35)19(28)22(41-26)34-11-17(27)21(31)32-25(34)37/h4-11,13-14,19-20,22,24,35H,12H2,1-3H3,(H,33,38)(H2,31,32,37). The molecule has 0 spiro atoms. The number of fused-ring (bicyclic) bond motifs is 1. The maximum Gasteiger partial charge on any atom is 0.459 e. The van der Waals surface area contributed by atoms with E-state index in [1.807, 2.05) is 0 Å². The van der Waals surface area contributed by atoms with Crippen molar-refractivity contribution in [1.29, 1.82) is 0 Å². The molecule has 1 aromatic heterocycles. The van der Waals surface area contributed by atoms with Gasteiger partial charge >= 0.3 is 19.4 Å². The molecule has 4 N–H and O–H groups in total. The molecule has 3 aromatic rings. The van der Waals surface area contributed by atoms with Gasteiger partial charge < -0.3 is 24.8 Å². The molecule has 0 bridgehead atoms. The number of nitrogens with one attached hydrogen (secondary N) is 1. The molecular formula is C26H29F4N4O8P. The lowest BCUT2D eigenvalue weighted by molar-refractivity contribution is -0.193. The molecule has 1 aliphatic heterocycles. The number of alkyl halides is 3. The summed E-state index contributed by atoms with van der Waals surface area (Å²) < 4.78 is 93.8. The molecular weight excluding hydrogens is 603 g/mol. The maximum absolute atomic E-state index is 15.2. The van der Waals surface area contributed by atoms with Crippen molar-refractivity contribution in [2.45, 2.75) is 63.4 Å². The van der Waals surface area contributed by atoms with Crippen molar-refractivity contribution >= 4 is 30.3 Å². The van der Waals surface area contributed by atoms with Crippen LogP contribution in [0.15, 0.2) is 53.5 Å². The van der Waals surface area contributed by atoms with Gasteiger partial charge in [-0.3, -0.25) is 13.9 Å². The van der Waals surface area contributed by atoms with Gasteiger partial charge in [0.05, 0.1) is 18.9 Å². The van der Waals surface area contributed by atoms with E-state index in [2.05, 4.69) is 10.1 Å².